The largest absolute Gasteiger partial charge is 0.360 e. The molecule has 0 amide bonds. The predicted molar refractivity (Wildman–Crippen MR) is 73.3 cm³/mol. The standard InChI is InChI=1S/C13H24N4/c1-11(14)12-6-7-15-13(10-12)17(4)9-5-8-16(2)3/h6-7,10-11H,5,8-9,14H2,1-4H3/t11-/m0/s1. The first-order chi connectivity index (χ1) is 8.00. The molecule has 0 fully saturated rings. The van der Waals surface area contributed by atoms with Gasteiger partial charge >= 0.3 is 0 Å². The van der Waals surface area contributed by atoms with Gasteiger partial charge in [0.2, 0.25) is 0 Å². The second kappa shape index (κ2) is 6.57. The number of nitrogens with zero attached hydrogens (tertiary/aromatic N) is 3. The maximum absolute atomic E-state index is 5.87. The first-order valence-corrected chi connectivity index (χ1v) is 6.08. The van der Waals surface area contributed by atoms with Crippen molar-refractivity contribution in [2.24, 2.45) is 5.73 Å². The third kappa shape index (κ3) is 4.71. The highest BCUT2D eigenvalue weighted by molar-refractivity contribution is 5.40. The Balaban J connectivity index is 2.56. The van der Waals surface area contributed by atoms with E-state index in [2.05, 4.69) is 42.0 Å². The summed E-state index contributed by atoms with van der Waals surface area (Å²) >= 11 is 0. The molecule has 0 radical (unpaired) electrons. The van der Waals surface area contributed by atoms with E-state index in [-0.39, 0.29) is 6.04 Å². The first kappa shape index (κ1) is 13.9. The smallest absolute Gasteiger partial charge is 0.128 e. The van der Waals surface area contributed by atoms with Crippen LogP contribution in [0.25, 0.3) is 0 Å². The minimum atomic E-state index is 0.0620. The Bertz CT molecular complexity index is 336. The van der Waals surface area contributed by atoms with Crippen LogP contribution in [-0.2, 0) is 0 Å². The molecular weight excluding hydrogens is 212 g/mol. The van der Waals surface area contributed by atoms with Crippen molar-refractivity contribution < 1.29 is 0 Å². The Hall–Kier alpha value is -1.13. The van der Waals surface area contributed by atoms with E-state index in [9.17, 15) is 0 Å². The third-order valence-electron chi connectivity index (χ3n) is 2.79. The van der Waals surface area contributed by atoms with E-state index < -0.39 is 0 Å². The third-order valence-corrected chi connectivity index (χ3v) is 2.79. The fraction of sp³-hybridized carbons (Fsp3) is 0.615. The first-order valence-electron chi connectivity index (χ1n) is 6.08. The van der Waals surface area contributed by atoms with Crippen molar-refractivity contribution >= 4 is 5.82 Å². The number of pyridine rings is 1. The Morgan fingerprint density at radius 1 is 1.29 bits per heavy atom. The number of anilines is 1. The Labute approximate surface area is 104 Å². The lowest BCUT2D eigenvalue weighted by atomic mass is 10.1. The molecule has 4 heteroatoms. The summed E-state index contributed by atoms with van der Waals surface area (Å²) in [7, 11) is 6.26. The number of rotatable bonds is 6. The van der Waals surface area contributed by atoms with Crippen LogP contribution >= 0.6 is 0 Å². The predicted octanol–water partition coefficient (Wildman–Crippen LogP) is 1.49. The zero-order valence-corrected chi connectivity index (χ0v) is 11.3. The summed E-state index contributed by atoms with van der Waals surface area (Å²) in [6.45, 7) is 4.09. The van der Waals surface area contributed by atoms with Crippen LogP contribution in [0.5, 0.6) is 0 Å². The van der Waals surface area contributed by atoms with Crippen molar-refractivity contribution in [1.29, 1.82) is 0 Å². The highest BCUT2D eigenvalue weighted by atomic mass is 15.2. The van der Waals surface area contributed by atoms with Crippen LogP contribution < -0.4 is 10.6 Å². The minimum Gasteiger partial charge on any atom is -0.360 e. The van der Waals surface area contributed by atoms with Crippen LogP contribution in [0.4, 0.5) is 5.82 Å². The van der Waals surface area contributed by atoms with Gasteiger partial charge in [-0.2, -0.15) is 0 Å². The van der Waals surface area contributed by atoms with Gasteiger partial charge in [0.05, 0.1) is 0 Å². The summed E-state index contributed by atoms with van der Waals surface area (Å²) in [5.74, 6) is 0.999. The lowest BCUT2D eigenvalue weighted by Gasteiger charge is -2.20. The molecule has 0 aliphatic rings. The van der Waals surface area contributed by atoms with Crippen molar-refractivity contribution in [3.8, 4) is 0 Å². The maximum Gasteiger partial charge on any atom is 0.128 e. The van der Waals surface area contributed by atoms with Crippen LogP contribution in [0, 0.1) is 0 Å². The summed E-state index contributed by atoms with van der Waals surface area (Å²) < 4.78 is 0. The van der Waals surface area contributed by atoms with E-state index in [0.717, 1.165) is 30.9 Å². The zero-order chi connectivity index (χ0) is 12.8. The fourth-order valence-electron chi connectivity index (χ4n) is 1.66. The molecule has 1 aromatic heterocycles. The summed E-state index contributed by atoms with van der Waals surface area (Å²) in [5.41, 5.74) is 7.00. The van der Waals surface area contributed by atoms with Crippen molar-refractivity contribution in [3.05, 3.63) is 23.9 Å². The Kier molecular flexibility index (Phi) is 5.38. The second-order valence-corrected chi connectivity index (χ2v) is 4.81. The molecule has 0 aromatic carbocycles. The van der Waals surface area contributed by atoms with Gasteiger partial charge < -0.3 is 15.5 Å². The molecule has 1 atom stereocenters. The SMILES string of the molecule is C[C@H](N)c1ccnc(N(C)CCCN(C)C)c1. The highest BCUT2D eigenvalue weighted by Gasteiger charge is 2.05. The lowest BCUT2D eigenvalue weighted by molar-refractivity contribution is 0.401. The monoisotopic (exact) mass is 236 g/mol. The quantitative estimate of drug-likeness (QED) is 0.813. The van der Waals surface area contributed by atoms with Gasteiger partial charge in [-0.05, 0) is 51.7 Å². The lowest BCUT2D eigenvalue weighted by Crippen LogP contribution is -2.24. The van der Waals surface area contributed by atoms with Crippen molar-refractivity contribution in [2.45, 2.75) is 19.4 Å². The van der Waals surface area contributed by atoms with E-state index in [0.29, 0.717) is 0 Å². The van der Waals surface area contributed by atoms with Gasteiger partial charge in [-0.3, -0.25) is 0 Å². The molecular formula is C13H24N4. The van der Waals surface area contributed by atoms with Crippen molar-refractivity contribution in [3.63, 3.8) is 0 Å². The fourth-order valence-corrected chi connectivity index (χ4v) is 1.66. The van der Waals surface area contributed by atoms with Gasteiger partial charge in [0.15, 0.2) is 0 Å². The molecule has 0 aliphatic carbocycles. The van der Waals surface area contributed by atoms with E-state index in [1.807, 2.05) is 19.2 Å². The van der Waals surface area contributed by atoms with Gasteiger partial charge in [-0.25, -0.2) is 4.98 Å². The van der Waals surface area contributed by atoms with E-state index in [1.165, 1.54) is 0 Å². The van der Waals surface area contributed by atoms with E-state index >= 15 is 0 Å². The summed E-state index contributed by atoms with van der Waals surface area (Å²) in [6, 6.07) is 4.11. The maximum atomic E-state index is 5.87. The Morgan fingerprint density at radius 3 is 2.59 bits per heavy atom. The number of aromatic nitrogens is 1. The molecule has 0 saturated heterocycles. The summed E-state index contributed by atoms with van der Waals surface area (Å²) in [5, 5.41) is 0. The average Bonchev–Trinajstić information content (AvgIpc) is 2.28. The molecule has 0 saturated carbocycles. The molecule has 1 heterocycles. The van der Waals surface area contributed by atoms with Gasteiger partial charge in [-0.1, -0.05) is 0 Å². The van der Waals surface area contributed by atoms with E-state index in [4.69, 9.17) is 5.73 Å². The number of hydrogen-bond donors (Lipinski definition) is 1. The minimum absolute atomic E-state index is 0.0620. The topological polar surface area (TPSA) is 45.4 Å². The van der Waals surface area contributed by atoms with Crippen molar-refractivity contribution in [1.82, 2.24) is 9.88 Å². The molecule has 0 bridgehead atoms. The Morgan fingerprint density at radius 2 is 2.00 bits per heavy atom. The normalized spacial score (nSPS) is 12.8. The van der Waals surface area contributed by atoms with Crippen molar-refractivity contribution in [2.75, 3.05) is 39.1 Å². The van der Waals surface area contributed by atoms with Gasteiger partial charge in [-0.15, -0.1) is 0 Å². The molecule has 17 heavy (non-hydrogen) atoms. The molecule has 1 aromatic rings. The molecule has 2 N–H and O–H groups in total. The number of hydrogen-bond acceptors (Lipinski definition) is 4. The van der Waals surface area contributed by atoms with Gasteiger partial charge in [0.25, 0.3) is 0 Å². The molecule has 96 valence electrons. The van der Waals surface area contributed by atoms with Crippen LogP contribution in [0.2, 0.25) is 0 Å². The summed E-state index contributed by atoms with van der Waals surface area (Å²) in [4.78, 5) is 8.75. The zero-order valence-electron chi connectivity index (χ0n) is 11.3. The van der Waals surface area contributed by atoms with E-state index in [1.54, 1.807) is 0 Å². The van der Waals surface area contributed by atoms with Crippen LogP contribution in [0.3, 0.4) is 0 Å². The van der Waals surface area contributed by atoms with Gasteiger partial charge in [0, 0.05) is 25.8 Å². The molecule has 0 aliphatic heterocycles. The van der Waals surface area contributed by atoms with Crippen LogP contribution in [-0.4, -0.2) is 44.1 Å². The molecule has 0 unspecified atom stereocenters. The van der Waals surface area contributed by atoms with Crippen LogP contribution in [0.1, 0.15) is 24.9 Å². The summed E-state index contributed by atoms with van der Waals surface area (Å²) in [6.07, 6.45) is 2.96. The molecule has 1 rings (SSSR count). The van der Waals surface area contributed by atoms with Gasteiger partial charge in [0.1, 0.15) is 5.82 Å². The highest BCUT2D eigenvalue weighted by Crippen LogP contribution is 2.15. The number of nitrogens with two attached hydrogens (primary N) is 1. The van der Waals surface area contributed by atoms with Crippen LogP contribution in [0.15, 0.2) is 18.3 Å². The second-order valence-electron chi connectivity index (χ2n) is 4.81. The average molecular weight is 236 g/mol. The molecule has 0 spiro atoms. The molecule has 4 nitrogen and oxygen atoms in total.